The zero-order valence-corrected chi connectivity index (χ0v) is 19.5. The smallest absolute Gasteiger partial charge is 0.313 e. The van der Waals surface area contributed by atoms with Crippen molar-refractivity contribution in [3.05, 3.63) is 29.5 Å². The van der Waals surface area contributed by atoms with Crippen LogP contribution < -0.4 is 5.32 Å². The molecule has 0 bridgehead atoms. The molecule has 1 aromatic carbocycles. The average Bonchev–Trinajstić information content (AvgIpc) is 3.32. The van der Waals surface area contributed by atoms with Crippen molar-refractivity contribution in [1.29, 1.82) is 0 Å². The zero-order chi connectivity index (χ0) is 22.9. The maximum absolute atomic E-state index is 13.3. The number of fused-ring (bicyclic) bond motifs is 1. The molecule has 1 saturated carbocycles. The van der Waals surface area contributed by atoms with Crippen molar-refractivity contribution in [3.63, 3.8) is 0 Å². The molecule has 1 heterocycles. The first-order chi connectivity index (χ1) is 14.5. The summed E-state index contributed by atoms with van der Waals surface area (Å²) in [6, 6.07) is 3.80. The van der Waals surface area contributed by atoms with Gasteiger partial charge < -0.3 is 10.1 Å². The van der Waals surface area contributed by atoms with Gasteiger partial charge in [-0.1, -0.05) is 46.5 Å². The van der Waals surface area contributed by atoms with Gasteiger partial charge in [-0.2, -0.15) is 0 Å². The van der Waals surface area contributed by atoms with E-state index in [4.69, 9.17) is 4.74 Å². The summed E-state index contributed by atoms with van der Waals surface area (Å²) < 4.78 is 6.82. The third-order valence-electron chi connectivity index (χ3n) is 6.26. The Kier molecular flexibility index (Phi) is 6.58. The van der Waals surface area contributed by atoms with Gasteiger partial charge in [0.25, 0.3) is 0 Å². The summed E-state index contributed by atoms with van der Waals surface area (Å²) in [7, 11) is 1.42. The quantitative estimate of drug-likeness (QED) is 0.647. The van der Waals surface area contributed by atoms with Crippen LogP contribution >= 0.6 is 0 Å². The molecule has 1 unspecified atom stereocenters. The third kappa shape index (κ3) is 4.83. The molecule has 168 valence electrons. The lowest BCUT2D eigenvalue weighted by molar-refractivity contribution is -0.142. The lowest BCUT2D eigenvalue weighted by Gasteiger charge is -2.19. The molecular formula is C25H34N2O4. The van der Waals surface area contributed by atoms with Gasteiger partial charge in [0.15, 0.2) is 0 Å². The molecule has 0 saturated heterocycles. The second-order valence-electron chi connectivity index (χ2n) is 9.84. The molecule has 1 N–H and O–H groups in total. The molecule has 1 fully saturated rings. The van der Waals surface area contributed by atoms with Crippen LogP contribution in [0.1, 0.15) is 81.6 Å². The molecule has 6 heteroatoms. The molecule has 1 amide bonds. The Bertz CT molecular complexity index is 1010. The minimum absolute atomic E-state index is 0.0640. The fourth-order valence-corrected chi connectivity index (χ4v) is 4.61. The van der Waals surface area contributed by atoms with Crippen LogP contribution in [0.25, 0.3) is 10.9 Å². The number of anilines is 1. The van der Waals surface area contributed by atoms with Crippen molar-refractivity contribution >= 4 is 34.4 Å². The summed E-state index contributed by atoms with van der Waals surface area (Å²) in [5, 5.41) is 3.70. The summed E-state index contributed by atoms with van der Waals surface area (Å²) in [6.07, 6.45) is 7.18. The van der Waals surface area contributed by atoms with Crippen LogP contribution in [-0.2, 0) is 14.3 Å². The Morgan fingerprint density at radius 2 is 1.84 bits per heavy atom. The molecule has 1 atom stereocenters. The van der Waals surface area contributed by atoms with Gasteiger partial charge in [-0.25, -0.2) is 0 Å². The molecule has 0 radical (unpaired) electrons. The number of rotatable bonds is 5. The first kappa shape index (κ1) is 23.0. The number of aryl methyl sites for hydroxylation is 1. The number of hydrogen-bond donors (Lipinski definition) is 1. The van der Waals surface area contributed by atoms with E-state index < -0.39 is 11.3 Å². The number of ether oxygens (including phenoxy) is 1. The topological polar surface area (TPSA) is 77.4 Å². The van der Waals surface area contributed by atoms with Crippen LogP contribution in [-0.4, -0.2) is 29.5 Å². The third-order valence-corrected chi connectivity index (χ3v) is 6.26. The maximum atomic E-state index is 13.3. The summed E-state index contributed by atoms with van der Waals surface area (Å²) in [6.45, 7) is 9.01. The standard InChI is InChI=1S/C25H34N2O4/c1-15-11-18-20(19(23(29)31-6)12-17-9-7-8-10-17)14-27(24(30)25(3,4)5)22(18)13-21(15)26-16(2)28/h11,13-14,17,19H,7-10,12H2,1-6H3,(H,26,28). The number of methoxy groups -OCH3 is 1. The van der Waals surface area contributed by atoms with Crippen LogP contribution in [0.3, 0.4) is 0 Å². The van der Waals surface area contributed by atoms with E-state index in [0.717, 1.165) is 35.8 Å². The second-order valence-corrected chi connectivity index (χ2v) is 9.84. The minimum Gasteiger partial charge on any atom is -0.469 e. The minimum atomic E-state index is -0.603. The van der Waals surface area contributed by atoms with Gasteiger partial charge in [-0.3, -0.25) is 19.0 Å². The highest BCUT2D eigenvalue weighted by atomic mass is 16.5. The van der Waals surface area contributed by atoms with Gasteiger partial charge in [0.05, 0.1) is 18.5 Å². The number of nitrogens with zero attached hydrogens (tertiary/aromatic N) is 1. The number of esters is 1. The van der Waals surface area contributed by atoms with E-state index in [-0.39, 0.29) is 17.8 Å². The number of nitrogens with one attached hydrogen (secondary N) is 1. The lowest BCUT2D eigenvalue weighted by atomic mass is 9.87. The highest BCUT2D eigenvalue weighted by Crippen LogP contribution is 2.39. The number of amides is 1. The van der Waals surface area contributed by atoms with Crippen molar-refractivity contribution in [1.82, 2.24) is 4.57 Å². The molecule has 6 nitrogen and oxygen atoms in total. The number of carbonyl (C=O) groups is 3. The number of hydrogen-bond acceptors (Lipinski definition) is 4. The van der Waals surface area contributed by atoms with Crippen LogP contribution in [0.5, 0.6) is 0 Å². The highest BCUT2D eigenvalue weighted by molar-refractivity contribution is 6.02. The largest absolute Gasteiger partial charge is 0.469 e. The van der Waals surface area contributed by atoms with E-state index in [0.29, 0.717) is 17.1 Å². The van der Waals surface area contributed by atoms with Gasteiger partial charge in [0.2, 0.25) is 11.8 Å². The van der Waals surface area contributed by atoms with E-state index in [9.17, 15) is 14.4 Å². The van der Waals surface area contributed by atoms with Crippen LogP contribution in [0.2, 0.25) is 0 Å². The highest BCUT2D eigenvalue weighted by Gasteiger charge is 2.32. The summed E-state index contributed by atoms with van der Waals surface area (Å²) in [4.78, 5) is 37.8. The molecule has 1 aliphatic rings. The van der Waals surface area contributed by atoms with E-state index >= 15 is 0 Å². The van der Waals surface area contributed by atoms with Crippen LogP contribution in [0, 0.1) is 18.3 Å². The Morgan fingerprint density at radius 3 is 2.39 bits per heavy atom. The van der Waals surface area contributed by atoms with Gasteiger partial charge in [-0.05, 0) is 42.5 Å². The van der Waals surface area contributed by atoms with Crippen molar-refractivity contribution in [2.24, 2.45) is 11.3 Å². The maximum Gasteiger partial charge on any atom is 0.313 e. The van der Waals surface area contributed by atoms with E-state index in [2.05, 4.69) is 5.32 Å². The van der Waals surface area contributed by atoms with E-state index in [1.54, 1.807) is 4.57 Å². The molecule has 0 aliphatic heterocycles. The molecule has 1 aromatic heterocycles. The van der Waals surface area contributed by atoms with Gasteiger partial charge in [0, 0.05) is 29.6 Å². The molecule has 2 aromatic rings. The van der Waals surface area contributed by atoms with Crippen molar-refractivity contribution in [2.45, 2.75) is 72.6 Å². The zero-order valence-electron chi connectivity index (χ0n) is 19.5. The summed E-state index contributed by atoms with van der Waals surface area (Å²) in [5.41, 5.74) is 2.47. The number of carbonyl (C=O) groups excluding carboxylic acids is 3. The SMILES string of the molecule is COC(=O)C(CC1CCCC1)c1cn(C(=O)C(C)(C)C)c2cc(NC(C)=O)c(C)cc12. The Hall–Kier alpha value is -2.63. The first-order valence-electron chi connectivity index (χ1n) is 11.1. The number of benzene rings is 1. The Balaban J connectivity index is 2.21. The Morgan fingerprint density at radius 1 is 1.19 bits per heavy atom. The molecule has 3 rings (SSSR count). The predicted molar refractivity (Wildman–Crippen MR) is 122 cm³/mol. The summed E-state index contributed by atoms with van der Waals surface area (Å²) >= 11 is 0. The molecular weight excluding hydrogens is 392 g/mol. The fourth-order valence-electron chi connectivity index (χ4n) is 4.61. The first-order valence-corrected chi connectivity index (χ1v) is 11.1. The van der Waals surface area contributed by atoms with Gasteiger partial charge in [-0.15, -0.1) is 0 Å². The van der Waals surface area contributed by atoms with Crippen LogP contribution in [0.15, 0.2) is 18.3 Å². The van der Waals surface area contributed by atoms with Crippen molar-refractivity contribution in [2.75, 3.05) is 12.4 Å². The summed E-state index contributed by atoms with van der Waals surface area (Å²) in [5.74, 6) is -0.434. The number of aromatic nitrogens is 1. The van der Waals surface area contributed by atoms with Gasteiger partial charge in [0.1, 0.15) is 0 Å². The van der Waals surface area contributed by atoms with Gasteiger partial charge >= 0.3 is 5.97 Å². The average molecular weight is 427 g/mol. The molecule has 1 aliphatic carbocycles. The monoisotopic (exact) mass is 426 g/mol. The van der Waals surface area contributed by atoms with Crippen LogP contribution in [0.4, 0.5) is 5.69 Å². The van der Waals surface area contributed by atoms with E-state index in [1.165, 1.54) is 26.9 Å². The molecule has 31 heavy (non-hydrogen) atoms. The molecule has 0 spiro atoms. The second kappa shape index (κ2) is 8.85. The Labute approximate surface area is 184 Å². The van der Waals surface area contributed by atoms with E-state index in [1.807, 2.05) is 46.0 Å². The predicted octanol–water partition coefficient (Wildman–Crippen LogP) is 5.43. The fraction of sp³-hybridized carbons (Fsp3) is 0.560. The van der Waals surface area contributed by atoms with Crippen molar-refractivity contribution < 1.29 is 19.1 Å². The lowest BCUT2D eigenvalue weighted by Crippen LogP contribution is -2.26. The normalized spacial score (nSPS) is 15.8. The van der Waals surface area contributed by atoms with Crippen molar-refractivity contribution in [3.8, 4) is 0 Å².